The third-order valence-corrected chi connectivity index (χ3v) is 8.18. The summed E-state index contributed by atoms with van der Waals surface area (Å²) in [5.74, 6) is -0.871. The molecule has 0 saturated carbocycles. The van der Waals surface area contributed by atoms with Gasteiger partial charge < -0.3 is 9.47 Å². The van der Waals surface area contributed by atoms with E-state index in [0.717, 1.165) is 30.4 Å². The largest absolute Gasteiger partial charge is 0.502 e. The first-order valence-electron chi connectivity index (χ1n) is 12.2. The molecule has 5 nitrogen and oxygen atoms in total. The van der Waals surface area contributed by atoms with E-state index in [1.807, 2.05) is 6.92 Å². The maximum atomic E-state index is 15.7. The summed E-state index contributed by atoms with van der Waals surface area (Å²) in [5.41, 5.74) is -1.36. The predicted octanol–water partition coefficient (Wildman–Crippen LogP) is 8.34. The highest BCUT2D eigenvalue weighted by atomic mass is 35.5. The summed E-state index contributed by atoms with van der Waals surface area (Å²) in [7, 11) is -2.95. The number of halogens is 6. The number of hydrogen-bond acceptors (Lipinski definition) is 4. The third-order valence-electron chi connectivity index (χ3n) is 6.07. The van der Waals surface area contributed by atoms with Crippen LogP contribution in [0.5, 0.6) is 5.75 Å². The van der Waals surface area contributed by atoms with Gasteiger partial charge in [-0.25, -0.2) is 17.2 Å². The Bertz CT molecular complexity index is 1550. The Morgan fingerprint density at radius 2 is 1.83 bits per heavy atom. The number of rotatable bonds is 6. The number of fused-ring (bicyclic) bond motifs is 1. The van der Waals surface area contributed by atoms with Crippen molar-refractivity contribution in [2.45, 2.75) is 31.3 Å². The van der Waals surface area contributed by atoms with E-state index in [4.69, 9.17) is 21.1 Å². The van der Waals surface area contributed by atoms with Gasteiger partial charge in [0.05, 0.1) is 34.9 Å². The second-order valence-electron chi connectivity index (χ2n) is 8.79. The van der Waals surface area contributed by atoms with Gasteiger partial charge in [-0.3, -0.25) is 4.31 Å². The Balaban J connectivity index is 0.000000696. The summed E-state index contributed by atoms with van der Waals surface area (Å²) in [6.45, 7) is 6.63. The smallest absolute Gasteiger partial charge is 0.416 e. The van der Waals surface area contributed by atoms with Gasteiger partial charge in [0.25, 0.3) is 10.0 Å². The van der Waals surface area contributed by atoms with Crippen LogP contribution in [0.3, 0.4) is 0 Å². The fourth-order valence-electron chi connectivity index (χ4n) is 3.90. The Hall–Kier alpha value is -3.57. The number of nitrogens with zero attached hydrogens (tertiary/aromatic N) is 1. The second kappa shape index (κ2) is 12.9. The van der Waals surface area contributed by atoms with Crippen LogP contribution in [0, 0.1) is 11.6 Å². The third kappa shape index (κ3) is 7.20. The molecule has 1 heterocycles. The molecule has 0 spiro atoms. The number of alkyl halides is 3. The molecule has 3 aromatic rings. The Morgan fingerprint density at radius 1 is 1.15 bits per heavy atom. The minimum Gasteiger partial charge on any atom is -0.502 e. The standard InChI is InChI=1S/C24H17ClF5NO3S.C5H10O/c1-14(21-18(25)6-3-7-19(21)26)12-15-8-9-20-23(22(15)27)31(10-11-34-20)35(32,33)17-5-2-4-16(13-17)24(28,29)30;1-4-5(2)6-3/h2-9,12-13H,10-11H2,1H3;2,4H2,1,3H3/b14-12+;. The van der Waals surface area contributed by atoms with Crippen molar-refractivity contribution in [1.82, 2.24) is 0 Å². The van der Waals surface area contributed by atoms with Gasteiger partial charge in [0.2, 0.25) is 0 Å². The van der Waals surface area contributed by atoms with Crippen molar-refractivity contribution < 1.29 is 39.8 Å². The Labute approximate surface area is 240 Å². The van der Waals surface area contributed by atoms with E-state index in [1.165, 1.54) is 43.3 Å². The normalized spacial score (nSPS) is 13.5. The van der Waals surface area contributed by atoms with Crippen LogP contribution in [-0.4, -0.2) is 28.7 Å². The maximum Gasteiger partial charge on any atom is 0.416 e. The van der Waals surface area contributed by atoms with E-state index in [2.05, 4.69) is 6.58 Å². The minimum atomic E-state index is -4.76. The van der Waals surface area contributed by atoms with Crippen LogP contribution in [0.25, 0.3) is 11.6 Å². The zero-order valence-corrected chi connectivity index (χ0v) is 23.9. The SMILES string of the molecule is C/C(=C\c1ccc2c(c1F)N(S(=O)(=O)c1cccc(C(F)(F)F)c1)CCO2)c1c(F)cccc1Cl.C=C(CC)OC. The van der Waals surface area contributed by atoms with Crippen LogP contribution in [0.4, 0.5) is 27.6 Å². The second-order valence-corrected chi connectivity index (χ2v) is 11.1. The van der Waals surface area contributed by atoms with Crippen LogP contribution >= 0.6 is 11.6 Å². The highest BCUT2D eigenvalue weighted by molar-refractivity contribution is 7.92. The van der Waals surface area contributed by atoms with Crippen molar-refractivity contribution in [2.24, 2.45) is 0 Å². The maximum absolute atomic E-state index is 15.7. The number of ether oxygens (including phenoxy) is 2. The molecule has 12 heteroatoms. The molecule has 0 fully saturated rings. The average molecular weight is 616 g/mol. The van der Waals surface area contributed by atoms with Gasteiger partial charge in [0, 0.05) is 17.5 Å². The molecule has 0 saturated heterocycles. The first-order valence-corrected chi connectivity index (χ1v) is 14.0. The van der Waals surface area contributed by atoms with Crippen molar-refractivity contribution in [1.29, 1.82) is 0 Å². The van der Waals surface area contributed by atoms with Gasteiger partial charge in [-0.05, 0) is 61.0 Å². The van der Waals surface area contributed by atoms with E-state index in [9.17, 15) is 26.0 Å². The number of anilines is 1. The molecule has 0 aromatic heterocycles. The minimum absolute atomic E-state index is 0.0518. The van der Waals surface area contributed by atoms with Crippen molar-refractivity contribution in [2.75, 3.05) is 24.6 Å². The van der Waals surface area contributed by atoms with Gasteiger partial charge in [0.15, 0.2) is 5.82 Å². The molecule has 0 N–H and O–H groups in total. The van der Waals surface area contributed by atoms with E-state index in [1.54, 1.807) is 7.11 Å². The summed E-state index contributed by atoms with van der Waals surface area (Å²) in [6.07, 6.45) is -2.55. The molecular weight excluding hydrogens is 589 g/mol. The van der Waals surface area contributed by atoms with Gasteiger partial charge in [-0.1, -0.05) is 37.2 Å². The number of methoxy groups -OCH3 is 1. The van der Waals surface area contributed by atoms with Gasteiger partial charge >= 0.3 is 6.18 Å². The summed E-state index contributed by atoms with van der Waals surface area (Å²) < 4.78 is 107. The lowest BCUT2D eigenvalue weighted by Gasteiger charge is -2.31. The first-order chi connectivity index (χ1) is 19.2. The summed E-state index contributed by atoms with van der Waals surface area (Å²) in [5, 5.41) is 0.106. The van der Waals surface area contributed by atoms with Gasteiger partial charge in [-0.15, -0.1) is 0 Å². The van der Waals surface area contributed by atoms with Gasteiger partial charge in [-0.2, -0.15) is 13.2 Å². The lowest BCUT2D eigenvalue weighted by molar-refractivity contribution is -0.137. The average Bonchev–Trinajstić information content (AvgIpc) is 2.93. The molecule has 1 aliphatic rings. The molecular formula is C29H27ClF5NO4S. The summed E-state index contributed by atoms with van der Waals surface area (Å²) in [6, 6.07) is 9.96. The lowest BCUT2D eigenvalue weighted by atomic mass is 10.0. The molecule has 220 valence electrons. The monoisotopic (exact) mass is 615 g/mol. The topological polar surface area (TPSA) is 55.8 Å². The lowest BCUT2D eigenvalue weighted by Crippen LogP contribution is -2.38. The fraction of sp³-hybridized carbons (Fsp3) is 0.241. The number of benzene rings is 3. The van der Waals surface area contributed by atoms with Crippen molar-refractivity contribution >= 4 is 39.0 Å². The highest BCUT2D eigenvalue weighted by Crippen LogP contribution is 2.41. The van der Waals surface area contributed by atoms with Crippen molar-refractivity contribution in [3.8, 4) is 5.75 Å². The molecule has 0 atom stereocenters. The zero-order valence-electron chi connectivity index (χ0n) is 22.4. The van der Waals surface area contributed by atoms with Crippen molar-refractivity contribution in [3.05, 3.63) is 100 Å². The van der Waals surface area contributed by atoms with Crippen LogP contribution in [0.15, 0.2) is 71.8 Å². The molecule has 1 aliphatic heterocycles. The van der Waals surface area contributed by atoms with Crippen LogP contribution in [-0.2, 0) is 20.9 Å². The number of allylic oxidation sites excluding steroid dienone is 2. The summed E-state index contributed by atoms with van der Waals surface area (Å²) in [4.78, 5) is -0.644. The molecule has 0 unspecified atom stereocenters. The Morgan fingerprint density at radius 3 is 2.41 bits per heavy atom. The Kier molecular flexibility index (Phi) is 10.1. The van der Waals surface area contributed by atoms with Gasteiger partial charge in [0.1, 0.15) is 23.9 Å². The first kappa shape index (κ1) is 32.0. The quantitative estimate of drug-likeness (QED) is 0.159. The predicted molar refractivity (Wildman–Crippen MR) is 149 cm³/mol. The number of hydrogen-bond donors (Lipinski definition) is 0. The molecule has 0 radical (unpaired) electrons. The molecule has 0 aliphatic carbocycles. The van der Waals surface area contributed by atoms with Crippen LogP contribution in [0.1, 0.15) is 37.0 Å². The van der Waals surface area contributed by atoms with E-state index in [0.29, 0.717) is 10.4 Å². The fourth-order valence-corrected chi connectivity index (χ4v) is 5.72. The molecule has 4 rings (SSSR count). The molecule has 3 aromatic carbocycles. The molecule has 41 heavy (non-hydrogen) atoms. The highest BCUT2D eigenvalue weighted by Gasteiger charge is 2.36. The van der Waals surface area contributed by atoms with E-state index >= 15 is 4.39 Å². The zero-order chi connectivity index (χ0) is 30.5. The van der Waals surface area contributed by atoms with Crippen LogP contribution in [0.2, 0.25) is 5.02 Å². The van der Waals surface area contributed by atoms with Crippen LogP contribution < -0.4 is 9.04 Å². The van der Waals surface area contributed by atoms with E-state index < -0.39 is 44.0 Å². The molecule has 0 bridgehead atoms. The van der Waals surface area contributed by atoms with Crippen molar-refractivity contribution in [3.63, 3.8) is 0 Å². The number of sulfonamides is 1. The van der Waals surface area contributed by atoms with E-state index in [-0.39, 0.29) is 40.6 Å². The molecule has 0 amide bonds. The summed E-state index contributed by atoms with van der Waals surface area (Å²) >= 11 is 6.08.